The molecule has 0 saturated carbocycles. The number of rotatable bonds is 3. The standard InChI is InChI=1S/C5H8Cl2/c1-5(7)3-2-4-6/h1-4H2. The normalized spacial score (nSPS) is 8.86. The molecule has 0 spiro atoms. The topological polar surface area (TPSA) is 0 Å². The molecule has 0 atom stereocenters. The minimum Gasteiger partial charge on any atom is -0.127 e. The summed E-state index contributed by atoms with van der Waals surface area (Å²) in [5.41, 5.74) is 0. The van der Waals surface area contributed by atoms with Crippen LogP contribution in [0.5, 0.6) is 0 Å². The molecule has 7 heavy (non-hydrogen) atoms. The van der Waals surface area contributed by atoms with Crippen LogP contribution in [0.15, 0.2) is 11.6 Å². The van der Waals surface area contributed by atoms with E-state index in [4.69, 9.17) is 23.2 Å². The van der Waals surface area contributed by atoms with Gasteiger partial charge in [-0.25, -0.2) is 0 Å². The van der Waals surface area contributed by atoms with Crippen molar-refractivity contribution in [1.82, 2.24) is 0 Å². The highest BCUT2D eigenvalue weighted by Gasteiger charge is 1.84. The summed E-state index contributed by atoms with van der Waals surface area (Å²) in [6.07, 6.45) is 1.77. The van der Waals surface area contributed by atoms with Crippen LogP contribution in [-0.4, -0.2) is 5.88 Å². The lowest BCUT2D eigenvalue weighted by molar-refractivity contribution is 0.955. The van der Waals surface area contributed by atoms with Crippen LogP contribution in [0, 0.1) is 0 Å². The van der Waals surface area contributed by atoms with E-state index < -0.39 is 0 Å². The van der Waals surface area contributed by atoms with Gasteiger partial charge in [-0.3, -0.25) is 0 Å². The molecule has 0 nitrogen and oxygen atoms in total. The van der Waals surface area contributed by atoms with E-state index in [1.54, 1.807) is 0 Å². The molecular formula is C5H8Cl2. The lowest BCUT2D eigenvalue weighted by atomic mass is 10.3. The summed E-state index contributed by atoms with van der Waals surface area (Å²) in [4.78, 5) is 0. The Balaban J connectivity index is 2.82. The minimum atomic E-state index is 0.672. The van der Waals surface area contributed by atoms with Crippen LogP contribution >= 0.6 is 23.2 Å². The third kappa shape index (κ3) is 6.32. The van der Waals surface area contributed by atoms with E-state index in [1.165, 1.54) is 0 Å². The summed E-state index contributed by atoms with van der Waals surface area (Å²) in [5, 5.41) is 0.695. The second-order valence-corrected chi connectivity index (χ2v) is 2.22. The largest absolute Gasteiger partial charge is 0.127 e. The number of alkyl halides is 1. The highest BCUT2D eigenvalue weighted by Crippen LogP contribution is 2.06. The van der Waals surface area contributed by atoms with Gasteiger partial charge in [-0.2, -0.15) is 0 Å². The number of hydrogen-bond acceptors (Lipinski definition) is 0. The Morgan fingerprint density at radius 1 is 1.57 bits per heavy atom. The van der Waals surface area contributed by atoms with Crippen LogP contribution in [0.4, 0.5) is 0 Å². The fraction of sp³-hybridized carbons (Fsp3) is 0.600. The van der Waals surface area contributed by atoms with Gasteiger partial charge in [0, 0.05) is 10.9 Å². The van der Waals surface area contributed by atoms with Crippen LogP contribution in [0.3, 0.4) is 0 Å². The summed E-state index contributed by atoms with van der Waals surface area (Å²) >= 11 is 10.7. The van der Waals surface area contributed by atoms with Crippen molar-refractivity contribution in [1.29, 1.82) is 0 Å². The molecule has 42 valence electrons. The van der Waals surface area contributed by atoms with E-state index >= 15 is 0 Å². The van der Waals surface area contributed by atoms with Crippen molar-refractivity contribution in [3.8, 4) is 0 Å². The molecule has 2 heteroatoms. The maximum Gasteiger partial charge on any atom is 0.0226 e. The Bertz CT molecular complexity index is 59.1. The molecular weight excluding hydrogens is 131 g/mol. The van der Waals surface area contributed by atoms with E-state index in [-0.39, 0.29) is 0 Å². The first-order valence-corrected chi connectivity index (χ1v) is 3.08. The molecule has 0 rings (SSSR count). The number of hydrogen-bond donors (Lipinski definition) is 0. The summed E-state index contributed by atoms with van der Waals surface area (Å²) in [6.45, 7) is 3.50. The lowest BCUT2D eigenvalue weighted by Gasteiger charge is -1.88. The average molecular weight is 139 g/mol. The monoisotopic (exact) mass is 138 g/mol. The van der Waals surface area contributed by atoms with Crippen molar-refractivity contribution in [2.24, 2.45) is 0 Å². The predicted molar refractivity (Wildman–Crippen MR) is 34.9 cm³/mol. The van der Waals surface area contributed by atoms with Crippen molar-refractivity contribution >= 4 is 23.2 Å². The quantitative estimate of drug-likeness (QED) is 0.527. The Morgan fingerprint density at radius 3 is 2.29 bits per heavy atom. The van der Waals surface area contributed by atoms with Crippen molar-refractivity contribution in [3.05, 3.63) is 11.6 Å². The fourth-order valence-corrected chi connectivity index (χ4v) is 0.526. The number of allylic oxidation sites excluding steroid dienone is 1. The second-order valence-electron chi connectivity index (χ2n) is 1.31. The Hall–Kier alpha value is 0.320. The molecule has 0 aliphatic rings. The highest BCUT2D eigenvalue weighted by atomic mass is 35.5. The van der Waals surface area contributed by atoms with Gasteiger partial charge in [0.05, 0.1) is 0 Å². The molecule has 0 fully saturated rings. The van der Waals surface area contributed by atoms with Crippen molar-refractivity contribution in [2.45, 2.75) is 12.8 Å². The third-order valence-corrected chi connectivity index (χ3v) is 1.04. The summed E-state index contributed by atoms with van der Waals surface area (Å²) < 4.78 is 0. The first-order valence-electron chi connectivity index (χ1n) is 2.16. The lowest BCUT2D eigenvalue weighted by Crippen LogP contribution is -1.72. The molecule has 0 N–H and O–H groups in total. The molecule has 0 aromatic rings. The van der Waals surface area contributed by atoms with Gasteiger partial charge >= 0.3 is 0 Å². The smallest absolute Gasteiger partial charge is 0.0226 e. The van der Waals surface area contributed by atoms with Crippen molar-refractivity contribution < 1.29 is 0 Å². The van der Waals surface area contributed by atoms with Crippen molar-refractivity contribution in [2.75, 3.05) is 5.88 Å². The Morgan fingerprint density at radius 2 is 2.14 bits per heavy atom. The molecule has 0 radical (unpaired) electrons. The molecule has 0 heterocycles. The van der Waals surface area contributed by atoms with Gasteiger partial charge in [0.15, 0.2) is 0 Å². The van der Waals surface area contributed by atoms with E-state index in [0.717, 1.165) is 12.8 Å². The minimum absolute atomic E-state index is 0.672. The van der Waals surface area contributed by atoms with E-state index in [1.807, 2.05) is 0 Å². The van der Waals surface area contributed by atoms with Crippen LogP contribution in [0.25, 0.3) is 0 Å². The van der Waals surface area contributed by atoms with Crippen molar-refractivity contribution in [3.63, 3.8) is 0 Å². The first-order chi connectivity index (χ1) is 3.27. The second kappa shape index (κ2) is 4.48. The Kier molecular flexibility index (Phi) is 4.68. The van der Waals surface area contributed by atoms with Crippen LogP contribution in [0.2, 0.25) is 0 Å². The molecule has 0 aliphatic heterocycles. The van der Waals surface area contributed by atoms with Gasteiger partial charge in [0.2, 0.25) is 0 Å². The summed E-state index contributed by atoms with van der Waals surface area (Å²) in [7, 11) is 0. The Labute approximate surface area is 54.1 Å². The summed E-state index contributed by atoms with van der Waals surface area (Å²) in [5.74, 6) is 0.672. The SMILES string of the molecule is C=C(Cl)CCCCl. The molecule has 0 bridgehead atoms. The number of halogens is 2. The van der Waals surface area contributed by atoms with Crippen LogP contribution in [-0.2, 0) is 0 Å². The van der Waals surface area contributed by atoms with Gasteiger partial charge in [0.1, 0.15) is 0 Å². The molecule has 0 aliphatic carbocycles. The van der Waals surface area contributed by atoms with Gasteiger partial charge < -0.3 is 0 Å². The molecule has 0 saturated heterocycles. The van der Waals surface area contributed by atoms with E-state index in [2.05, 4.69) is 6.58 Å². The average Bonchev–Trinajstić information content (AvgIpc) is 1.61. The van der Waals surface area contributed by atoms with Crippen LogP contribution < -0.4 is 0 Å². The molecule has 0 aromatic carbocycles. The molecule has 0 unspecified atom stereocenters. The maximum atomic E-state index is 5.40. The summed E-state index contributed by atoms with van der Waals surface area (Å²) in [6, 6.07) is 0. The van der Waals surface area contributed by atoms with E-state index in [9.17, 15) is 0 Å². The van der Waals surface area contributed by atoms with Gasteiger partial charge in [-0.1, -0.05) is 18.2 Å². The maximum absolute atomic E-state index is 5.40. The predicted octanol–water partition coefficient (Wildman–Crippen LogP) is 2.76. The van der Waals surface area contributed by atoms with Crippen LogP contribution in [0.1, 0.15) is 12.8 Å². The third-order valence-electron chi connectivity index (χ3n) is 0.582. The van der Waals surface area contributed by atoms with Gasteiger partial charge in [-0.05, 0) is 12.8 Å². The molecule has 0 aromatic heterocycles. The van der Waals surface area contributed by atoms with Gasteiger partial charge in [-0.15, -0.1) is 11.6 Å². The zero-order valence-electron chi connectivity index (χ0n) is 4.08. The first kappa shape index (κ1) is 7.32. The highest BCUT2D eigenvalue weighted by molar-refractivity contribution is 6.29. The van der Waals surface area contributed by atoms with E-state index in [0.29, 0.717) is 10.9 Å². The zero-order chi connectivity index (χ0) is 5.70. The molecule has 0 amide bonds. The van der Waals surface area contributed by atoms with Gasteiger partial charge in [0.25, 0.3) is 0 Å². The zero-order valence-corrected chi connectivity index (χ0v) is 5.60. The fourth-order valence-electron chi connectivity index (χ4n) is 0.259.